The lowest BCUT2D eigenvalue weighted by atomic mass is 10.1. The van der Waals surface area contributed by atoms with Crippen molar-refractivity contribution in [1.29, 1.82) is 0 Å². The lowest BCUT2D eigenvalue weighted by molar-refractivity contribution is -0.136. The maximum Gasteiger partial charge on any atom is 0.496 e. The molecular weight excluding hydrogens is 245 g/mol. The van der Waals surface area contributed by atoms with Crippen LogP contribution in [0.3, 0.4) is 0 Å². The number of hydrogen-bond donors (Lipinski definition) is 4. The molecule has 9 heteroatoms. The van der Waals surface area contributed by atoms with E-state index in [9.17, 15) is 14.2 Å². The van der Waals surface area contributed by atoms with Gasteiger partial charge in [0.05, 0.1) is 0 Å². The third-order valence-electron chi connectivity index (χ3n) is 2.49. The average molecular weight is 262 g/mol. The molecule has 0 bridgehead atoms. The molecule has 17 heavy (non-hydrogen) atoms. The summed E-state index contributed by atoms with van der Waals surface area (Å²) in [6.07, 6.45) is 0.790. The molecule has 1 aliphatic rings. The molecule has 1 unspecified atom stereocenters. The Morgan fingerprint density at radius 3 is 2.88 bits per heavy atom. The molecule has 1 heterocycles. The van der Waals surface area contributed by atoms with Gasteiger partial charge in [0.15, 0.2) is 0 Å². The van der Waals surface area contributed by atoms with Gasteiger partial charge in [-0.05, 0) is 17.9 Å². The summed E-state index contributed by atoms with van der Waals surface area (Å²) >= 11 is 0. The molecule has 1 rings (SSSR count). The molecule has 0 aromatic rings. The summed E-state index contributed by atoms with van der Waals surface area (Å²) in [6, 6.07) is -0.611. The smallest absolute Gasteiger partial charge is 0.335 e. The summed E-state index contributed by atoms with van der Waals surface area (Å²) in [6.45, 7) is 2.49. The van der Waals surface area contributed by atoms with Crippen LogP contribution in [-0.2, 0) is 9.36 Å². The molecule has 1 aliphatic heterocycles. The lowest BCUT2D eigenvalue weighted by Crippen LogP contribution is -2.60. The molecule has 2 atom stereocenters. The fraction of sp³-hybridized carbons (Fsp3) is 0.750. The quantitative estimate of drug-likeness (QED) is 0.300. The maximum absolute atomic E-state index is 11.9. The summed E-state index contributed by atoms with van der Waals surface area (Å²) < 4.78 is 11.9. The van der Waals surface area contributed by atoms with Gasteiger partial charge >= 0.3 is 25.2 Å². The van der Waals surface area contributed by atoms with Crippen molar-refractivity contribution in [2.45, 2.75) is 25.0 Å². The second-order valence-electron chi connectivity index (χ2n) is 3.79. The minimum Gasteiger partial charge on any atom is -0.335 e. The van der Waals surface area contributed by atoms with Gasteiger partial charge in [0.2, 0.25) is 0 Å². The number of nitrogens with zero attached hydrogens (tertiary/aromatic N) is 1. The van der Waals surface area contributed by atoms with Crippen LogP contribution in [0.4, 0.5) is 4.79 Å². The number of hydrazine groups is 1. The molecule has 0 saturated carbocycles. The highest BCUT2D eigenvalue weighted by molar-refractivity contribution is 7.46. The minimum atomic E-state index is -2.40. The zero-order valence-corrected chi connectivity index (χ0v) is 10.5. The molecule has 1 saturated heterocycles. The molecular formula is C8H17N5O3P+. The number of rotatable bonds is 3. The van der Waals surface area contributed by atoms with Crippen molar-refractivity contribution >= 4 is 19.9 Å². The van der Waals surface area contributed by atoms with Crippen molar-refractivity contribution in [2.24, 2.45) is 11.6 Å². The van der Waals surface area contributed by atoms with Crippen LogP contribution in [0.2, 0.25) is 0 Å². The maximum atomic E-state index is 11.9. The monoisotopic (exact) mass is 262 g/mol. The lowest BCUT2D eigenvalue weighted by Gasteiger charge is -2.28. The van der Waals surface area contributed by atoms with E-state index in [0.29, 0.717) is 19.5 Å². The minimum absolute atomic E-state index is 0.237. The van der Waals surface area contributed by atoms with Crippen LogP contribution < -0.4 is 22.0 Å². The highest BCUT2D eigenvalue weighted by atomic mass is 31.1. The van der Waals surface area contributed by atoms with Gasteiger partial charge in [-0.2, -0.15) is 0 Å². The molecule has 8 nitrogen and oxygen atoms in total. The third-order valence-corrected chi connectivity index (χ3v) is 4.04. The Morgan fingerprint density at radius 2 is 2.29 bits per heavy atom. The second-order valence-corrected chi connectivity index (χ2v) is 5.40. The van der Waals surface area contributed by atoms with Gasteiger partial charge < -0.3 is 5.32 Å². The number of carbonyl (C=O) groups is 2. The van der Waals surface area contributed by atoms with Gasteiger partial charge in [0.1, 0.15) is 0 Å². The second kappa shape index (κ2) is 5.39. The van der Waals surface area contributed by atoms with Crippen molar-refractivity contribution in [3.8, 4) is 0 Å². The predicted molar refractivity (Wildman–Crippen MR) is 61.9 cm³/mol. The van der Waals surface area contributed by atoms with E-state index in [-0.39, 0.29) is 6.42 Å². The molecule has 0 spiro atoms. The van der Waals surface area contributed by atoms with Gasteiger partial charge in [0.25, 0.3) is 0 Å². The van der Waals surface area contributed by atoms with E-state index >= 15 is 0 Å². The summed E-state index contributed by atoms with van der Waals surface area (Å²) in [5.41, 5.74) is 5.78. The van der Waals surface area contributed by atoms with E-state index in [4.69, 9.17) is 11.6 Å². The van der Waals surface area contributed by atoms with Gasteiger partial charge in [-0.3, -0.25) is 15.5 Å². The van der Waals surface area contributed by atoms with Crippen molar-refractivity contribution in [3.05, 3.63) is 0 Å². The zero-order valence-electron chi connectivity index (χ0n) is 9.60. The molecule has 0 aliphatic carbocycles. The summed E-state index contributed by atoms with van der Waals surface area (Å²) in [4.78, 5) is 23.0. The molecule has 0 aromatic carbocycles. The largest absolute Gasteiger partial charge is 0.496 e. The number of urea groups is 1. The molecule has 0 aromatic heterocycles. The van der Waals surface area contributed by atoms with E-state index in [1.54, 1.807) is 6.92 Å². The fourth-order valence-corrected chi connectivity index (χ4v) is 2.68. The van der Waals surface area contributed by atoms with Crippen molar-refractivity contribution < 1.29 is 14.2 Å². The SMILES string of the molecule is CCNC(=O)N[P+](=O)[C@@]1(N)CCCN(N)C1=O. The van der Waals surface area contributed by atoms with Crippen LogP contribution in [0.25, 0.3) is 0 Å². The summed E-state index contributed by atoms with van der Waals surface area (Å²) in [7, 11) is -2.40. The number of amides is 3. The van der Waals surface area contributed by atoms with Gasteiger partial charge in [-0.1, -0.05) is 0 Å². The van der Waals surface area contributed by atoms with Crippen LogP contribution in [0, 0.1) is 0 Å². The number of piperidine rings is 1. The average Bonchev–Trinajstić information content (AvgIpc) is 2.26. The summed E-state index contributed by atoms with van der Waals surface area (Å²) in [5.74, 6) is 4.82. The van der Waals surface area contributed by atoms with Crippen LogP contribution >= 0.6 is 7.95 Å². The normalized spacial score (nSPS) is 25.5. The first-order chi connectivity index (χ1) is 7.91. The Labute approximate surface area is 99.9 Å². The molecule has 3 amide bonds. The third kappa shape index (κ3) is 2.91. The zero-order chi connectivity index (χ0) is 13.1. The Bertz CT molecular complexity index is 350. The van der Waals surface area contributed by atoms with Crippen LogP contribution in [0.15, 0.2) is 0 Å². The summed E-state index contributed by atoms with van der Waals surface area (Å²) in [5, 5.41) is 3.92. The van der Waals surface area contributed by atoms with E-state index < -0.39 is 25.2 Å². The molecule has 1 fully saturated rings. The van der Waals surface area contributed by atoms with Crippen molar-refractivity contribution in [1.82, 2.24) is 15.4 Å². The predicted octanol–water partition coefficient (Wildman–Crippen LogP) is -0.801. The fourth-order valence-electron chi connectivity index (χ4n) is 1.56. The number of nitrogens with one attached hydrogen (secondary N) is 2. The molecule has 0 radical (unpaired) electrons. The number of carbonyl (C=O) groups excluding carboxylic acids is 2. The van der Waals surface area contributed by atoms with Gasteiger partial charge in [-0.15, -0.1) is 5.09 Å². The van der Waals surface area contributed by atoms with Gasteiger partial charge in [0, 0.05) is 19.5 Å². The van der Waals surface area contributed by atoms with E-state index in [1.165, 1.54) is 0 Å². The first-order valence-electron chi connectivity index (χ1n) is 5.29. The van der Waals surface area contributed by atoms with Crippen molar-refractivity contribution in [2.75, 3.05) is 13.1 Å². The number of hydrogen-bond acceptors (Lipinski definition) is 5. The Balaban J connectivity index is 2.72. The van der Waals surface area contributed by atoms with Crippen molar-refractivity contribution in [3.63, 3.8) is 0 Å². The first kappa shape index (κ1) is 13.8. The van der Waals surface area contributed by atoms with E-state index in [0.717, 1.165) is 5.01 Å². The Hall–Kier alpha value is -1.24. The molecule has 96 valence electrons. The Kier molecular flexibility index (Phi) is 4.39. The standard InChI is InChI=1S/C8H16N5O3P/c1-2-11-7(15)12-17(16)8(9)4-3-5-13(10)6(8)14/h2-5,9-10H2,1H3,(H-,11,12,15,16)/p+1/t8-/m0/s1. The number of nitrogens with two attached hydrogens (primary N) is 2. The van der Waals surface area contributed by atoms with Crippen LogP contribution in [0.1, 0.15) is 19.8 Å². The highest BCUT2D eigenvalue weighted by Gasteiger charge is 2.57. The van der Waals surface area contributed by atoms with Gasteiger partial charge in [-0.25, -0.2) is 10.6 Å². The highest BCUT2D eigenvalue weighted by Crippen LogP contribution is 2.38. The van der Waals surface area contributed by atoms with Crippen LogP contribution in [0.5, 0.6) is 0 Å². The molecule has 6 N–H and O–H groups in total. The Morgan fingerprint density at radius 1 is 1.65 bits per heavy atom. The first-order valence-corrected chi connectivity index (χ1v) is 6.55. The van der Waals surface area contributed by atoms with E-state index in [2.05, 4.69) is 10.4 Å². The van der Waals surface area contributed by atoms with E-state index in [1.807, 2.05) is 0 Å². The van der Waals surface area contributed by atoms with Crippen LogP contribution in [-0.4, -0.2) is 35.3 Å². The topological polar surface area (TPSA) is 131 Å².